The molecule has 0 saturated carbocycles. The molecule has 38 heavy (non-hydrogen) atoms. The molecule has 2 atom stereocenters. The topological polar surface area (TPSA) is 129 Å². The van der Waals surface area contributed by atoms with Crippen LogP contribution in [0.3, 0.4) is 0 Å². The quantitative estimate of drug-likeness (QED) is 0.145. The van der Waals surface area contributed by atoms with Gasteiger partial charge in [0.15, 0.2) is 11.6 Å². The van der Waals surface area contributed by atoms with E-state index < -0.39 is 11.6 Å². The van der Waals surface area contributed by atoms with Gasteiger partial charge in [-0.25, -0.2) is 4.99 Å². The molecule has 0 bridgehead atoms. The number of aliphatic hydroxyl groups is 1. The molecule has 1 amide bonds. The molecule has 4 rings (SSSR count). The molecule has 1 aliphatic heterocycles. The number of nitrogens with one attached hydrogen (secondary N) is 1. The Balaban J connectivity index is 1.81. The molecule has 1 aliphatic rings. The maximum atomic E-state index is 13.9. The van der Waals surface area contributed by atoms with Crippen molar-refractivity contribution in [3.8, 4) is 5.75 Å². The predicted molar refractivity (Wildman–Crippen MR) is 145 cm³/mol. The first-order valence-electron chi connectivity index (χ1n) is 12.7. The number of benzene rings is 3. The zero-order valence-electron chi connectivity index (χ0n) is 21.3. The summed E-state index contributed by atoms with van der Waals surface area (Å²) < 4.78 is 12.1. The standard InChI is InChI=1S/C29H31N5O4/c1-2-17-31-28(36)29(20-21-9-4-3-5-10-21)26(24-11-6-7-12-25(24)33-34-30)38-27(32-29)22-13-15-23(16-14-22)37-19-8-18-35/h3-7,9-16,26,35H,2,8,17-20H2,1H3,(H,31,36)/t26-,29-/m1/s1. The first-order chi connectivity index (χ1) is 18.6. The lowest BCUT2D eigenvalue weighted by molar-refractivity contribution is -0.128. The van der Waals surface area contributed by atoms with Crippen molar-refractivity contribution in [2.45, 2.75) is 37.8 Å². The molecule has 0 fully saturated rings. The Morgan fingerprint density at radius 2 is 1.87 bits per heavy atom. The molecule has 0 aliphatic carbocycles. The van der Waals surface area contributed by atoms with Crippen molar-refractivity contribution in [1.29, 1.82) is 0 Å². The second kappa shape index (κ2) is 12.8. The molecule has 2 N–H and O–H groups in total. The van der Waals surface area contributed by atoms with E-state index >= 15 is 0 Å². The third-order valence-electron chi connectivity index (χ3n) is 6.25. The van der Waals surface area contributed by atoms with Crippen molar-refractivity contribution in [3.63, 3.8) is 0 Å². The smallest absolute Gasteiger partial charge is 0.252 e. The zero-order valence-corrected chi connectivity index (χ0v) is 21.3. The average Bonchev–Trinajstić information content (AvgIpc) is 3.33. The summed E-state index contributed by atoms with van der Waals surface area (Å²) in [6, 6.07) is 24.0. The van der Waals surface area contributed by atoms with E-state index in [2.05, 4.69) is 15.3 Å². The molecule has 196 valence electrons. The molecule has 0 aromatic heterocycles. The van der Waals surface area contributed by atoms with Crippen LogP contribution in [0, 0.1) is 0 Å². The van der Waals surface area contributed by atoms with Crippen molar-refractivity contribution >= 4 is 17.5 Å². The summed E-state index contributed by atoms with van der Waals surface area (Å²) in [6.07, 6.45) is 0.752. The number of azide groups is 1. The number of aliphatic imine (C=N–C) groups is 1. The molecule has 3 aromatic carbocycles. The van der Waals surface area contributed by atoms with E-state index in [1.54, 1.807) is 30.3 Å². The molecule has 9 heteroatoms. The van der Waals surface area contributed by atoms with Gasteiger partial charge in [0, 0.05) is 47.7 Å². The van der Waals surface area contributed by atoms with Crippen molar-refractivity contribution in [1.82, 2.24) is 5.32 Å². The fourth-order valence-corrected chi connectivity index (χ4v) is 4.41. The van der Waals surface area contributed by atoms with Crippen LogP contribution in [0.1, 0.15) is 42.6 Å². The molecule has 3 aromatic rings. The van der Waals surface area contributed by atoms with E-state index in [1.807, 2.05) is 55.5 Å². The van der Waals surface area contributed by atoms with Gasteiger partial charge in [-0.05, 0) is 41.8 Å². The minimum absolute atomic E-state index is 0.0605. The highest BCUT2D eigenvalue weighted by Gasteiger charge is 2.53. The minimum atomic E-state index is -1.34. The van der Waals surface area contributed by atoms with Crippen LogP contribution in [-0.2, 0) is 16.0 Å². The maximum Gasteiger partial charge on any atom is 0.252 e. The number of carbonyl (C=O) groups excluding carboxylic acids is 1. The summed E-state index contributed by atoms with van der Waals surface area (Å²) in [5.74, 6) is 0.709. The van der Waals surface area contributed by atoms with Crippen LogP contribution in [0.15, 0.2) is 89.0 Å². The Morgan fingerprint density at radius 3 is 2.58 bits per heavy atom. The first kappa shape index (κ1) is 26.7. The van der Waals surface area contributed by atoms with Crippen molar-refractivity contribution in [2.24, 2.45) is 10.1 Å². The number of nitrogens with zero attached hydrogens (tertiary/aromatic N) is 4. The molecular weight excluding hydrogens is 482 g/mol. The van der Waals surface area contributed by atoms with Gasteiger partial charge in [0.05, 0.1) is 6.61 Å². The van der Waals surface area contributed by atoms with Gasteiger partial charge in [-0.15, -0.1) is 0 Å². The SMILES string of the molecule is CCCNC(=O)[C@]1(Cc2ccccc2)N=C(c2ccc(OCCCO)cc2)O[C@@H]1c1ccccc1N=[N+]=[N-]. The van der Waals surface area contributed by atoms with Crippen LogP contribution in [0.25, 0.3) is 10.4 Å². The van der Waals surface area contributed by atoms with Gasteiger partial charge in [0.2, 0.25) is 5.90 Å². The van der Waals surface area contributed by atoms with Crippen LogP contribution < -0.4 is 10.1 Å². The fourth-order valence-electron chi connectivity index (χ4n) is 4.41. The van der Waals surface area contributed by atoms with Gasteiger partial charge < -0.3 is 19.9 Å². The molecule has 0 radical (unpaired) electrons. The average molecular weight is 514 g/mol. The highest BCUT2D eigenvalue weighted by Crippen LogP contribution is 2.45. The highest BCUT2D eigenvalue weighted by atomic mass is 16.5. The Kier molecular flexibility index (Phi) is 8.98. The predicted octanol–water partition coefficient (Wildman–Crippen LogP) is 5.42. The molecule has 0 saturated heterocycles. The summed E-state index contributed by atoms with van der Waals surface area (Å²) in [6.45, 7) is 2.95. The zero-order chi connectivity index (χ0) is 26.8. The van der Waals surface area contributed by atoms with Gasteiger partial charge in [-0.1, -0.05) is 66.6 Å². The number of carbonyl (C=O) groups is 1. The molecule has 0 unspecified atom stereocenters. The van der Waals surface area contributed by atoms with Crippen LogP contribution in [-0.4, -0.2) is 42.2 Å². The highest BCUT2D eigenvalue weighted by molar-refractivity contribution is 6.01. The maximum absolute atomic E-state index is 13.9. The van der Waals surface area contributed by atoms with Crippen LogP contribution in [0.4, 0.5) is 5.69 Å². The summed E-state index contributed by atoms with van der Waals surface area (Å²) in [4.78, 5) is 21.9. The van der Waals surface area contributed by atoms with Crippen molar-refractivity contribution in [2.75, 3.05) is 19.8 Å². The number of rotatable bonds is 12. The fraction of sp³-hybridized carbons (Fsp3) is 0.310. The second-order valence-electron chi connectivity index (χ2n) is 8.96. The van der Waals surface area contributed by atoms with E-state index in [0.717, 1.165) is 12.0 Å². The van der Waals surface area contributed by atoms with E-state index in [-0.39, 0.29) is 18.9 Å². The molecule has 1 heterocycles. The number of aliphatic hydroxyl groups excluding tert-OH is 1. The largest absolute Gasteiger partial charge is 0.494 e. The van der Waals surface area contributed by atoms with Crippen LogP contribution in [0.2, 0.25) is 0 Å². The summed E-state index contributed by atoms with van der Waals surface area (Å²) in [7, 11) is 0. The Labute approximate surface area is 221 Å². The Hall–Kier alpha value is -4.33. The minimum Gasteiger partial charge on any atom is -0.494 e. The van der Waals surface area contributed by atoms with E-state index in [0.29, 0.717) is 48.0 Å². The number of hydrogen-bond acceptors (Lipinski definition) is 6. The number of hydrogen-bond donors (Lipinski definition) is 2. The van der Waals surface area contributed by atoms with Gasteiger partial charge >= 0.3 is 0 Å². The summed E-state index contributed by atoms with van der Waals surface area (Å²) in [5, 5.41) is 15.9. The molecule has 0 spiro atoms. The molecule has 9 nitrogen and oxygen atoms in total. The van der Waals surface area contributed by atoms with Crippen LogP contribution in [0.5, 0.6) is 5.75 Å². The van der Waals surface area contributed by atoms with Gasteiger partial charge in [-0.2, -0.15) is 0 Å². The van der Waals surface area contributed by atoms with Crippen molar-refractivity contribution < 1.29 is 19.4 Å². The molecular formula is C29H31N5O4. The van der Waals surface area contributed by atoms with Crippen molar-refractivity contribution in [3.05, 3.63) is 106 Å². The third-order valence-corrected chi connectivity index (χ3v) is 6.25. The first-order valence-corrected chi connectivity index (χ1v) is 12.7. The summed E-state index contributed by atoms with van der Waals surface area (Å²) >= 11 is 0. The second-order valence-corrected chi connectivity index (χ2v) is 8.96. The van der Waals surface area contributed by atoms with Crippen LogP contribution >= 0.6 is 0 Å². The lowest BCUT2D eigenvalue weighted by Crippen LogP contribution is -2.50. The monoisotopic (exact) mass is 513 g/mol. The van der Waals surface area contributed by atoms with Gasteiger partial charge in [-0.3, -0.25) is 4.79 Å². The third kappa shape index (κ3) is 5.96. The van der Waals surface area contributed by atoms with E-state index in [1.165, 1.54) is 0 Å². The van der Waals surface area contributed by atoms with Gasteiger partial charge in [0.1, 0.15) is 5.75 Å². The lowest BCUT2D eigenvalue weighted by Gasteiger charge is -2.31. The van der Waals surface area contributed by atoms with Gasteiger partial charge in [0.25, 0.3) is 5.91 Å². The lowest BCUT2D eigenvalue weighted by atomic mass is 9.81. The summed E-state index contributed by atoms with van der Waals surface area (Å²) in [5.41, 5.74) is 10.4. The van der Waals surface area contributed by atoms with E-state index in [9.17, 15) is 10.3 Å². The normalized spacial score (nSPS) is 18.2. The Morgan fingerprint density at radius 1 is 1.13 bits per heavy atom. The number of ether oxygens (including phenoxy) is 2. The number of amides is 1. The van der Waals surface area contributed by atoms with E-state index in [4.69, 9.17) is 19.6 Å². The Bertz CT molecular complexity index is 1310.